The Morgan fingerprint density at radius 3 is 2.53 bits per heavy atom. The van der Waals surface area contributed by atoms with Crippen LogP contribution in [0.5, 0.6) is 5.75 Å². The van der Waals surface area contributed by atoms with Gasteiger partial charge in [-0.2, -0.15) is 0 Å². The highest BCUT2D eigenvalue weighted by Crippen LogP contribution is 2.31. The van der Waals surface area contributed by atoms with E-state index in [2.05, 4.69) is 13.8 Å². The van der Waals surface area contributed by atoms with Crippen molar-refractivity contribution in [1.29, 1.82) is 0 Å². The first kappa shape index (κ1) is 11.9. The fourth-order valence-electron chi connectivity index (χ4n) is 2.05. The average molecular weight is 230 g/mol. The molecule has 1 atom stereocenters. The molecule has 2 heteroatoms. The van der Waals surface area contributed by atoms with Crippen molar-refractivity contribution in [2.24, 2.45) is 0 Å². The van der Waals surface area contributed by atoms with Gasteiger partial charge >= 0.3 is 0 Å². The van der Waals surface area contributed by atoms with Crippen molar-refractivity contribution in [2.75, 3.05) is 6.61 Å². The Morgan fingerprint density at radius 1 is 1.12 bits per heavy atom. The predicted octanol–water partition coefficient (Wildman–Crippen LogP) is 4.03. The third-order valence-corrected chi connectivity index (χ3v) is 2.94. The Labute approximate surface area is 102 Å². The number of phenolic OH excluding ortho intramolecular Hbond substituents is 1. The van der Waals surface area contributed by atoms with Gasteiger partial charge in [-0.15, -0.1) is 0 Å². The zero-order chi connectivity index (χ0) is 12.3. The van der Waals surface area contributed by atoms with Crippen LogP contribution in [0.1, 0.15) is 31.9 Å². The second-order valence-electron chi connectivity index (χ2n) is 4.23. The third-order valence-electron chi connectivity index (χ3n) is 2.94. The van der Waals surface area contributed by atoms with Gasteiger partial charge in [-0.05, 0) is 30.4 Å². The highest BCUT2D eigenvalue weighted by Gasteiger charge is 2.11. The summed E-state index contributed by atoms with van der Waals surface area (Å²) < 4.78 is 5.74. The molecule has 0 saturated heterocycles. The number of ether oxygens (including phenoxy) is 1. The number of fused-ring (bicyclic) bond motifs is 1. The molecule has 0 saturated carbocycles. The van der Waals surface area contributed by atoms with Crippen molar-refractivity contribution in [3.05, 3.63) is 42.0 Å². The molecule has 2 rings (SSSR count). The molecule has 0 aromatic heterocycles. The van der Waals surface area contributed by atoms with Crippen LogP contribution in [-0.4, -0.2) is 11.7 Å². The van der Waals surface area contributed by atoms with E-state index in [-0.39, 0.29) is 6.10 Å². The van der Waals surface area contributed by atoms with Gasteiger partial charge in [-0.1, -0.05) is 37.3 Å². The Morgan fingerprint density at radius 2 is 1.82 bits per heavy atom. The molecule has 0 heterocycles. The molecule has 2 nitrogen and oxygen atoms in total. The van der Waals surface area contributed by atoms with Gasteiger partial charge in [0, 0.05) is 12.0 Å². The van der Waals surface area contributed by atoms with E-state index in [9.17, 15) is 5.11 Å². The van der Waals surface area contributed by atoms with E-state index in [1.165, 1.54) is 0 Å². The SMILES string of the molecule is CCCO[C@@H](C)c1ccc(O)c2ccccc12. The lowest BCUT2D eigenvalue weighted by atomic mass is 10.0. The number of rotatable bonds is 4. The summed E-state index contributed by atoms with van der Waals surface area (Å²) in [5.41, 5.74) is 1.13. The molecule has 0 aliphatic rings. The molecule has 17 heavy (non-hydrogen) atoms. The summed E-state index contributed by atoms with van der Waals surface area (Å²) in [6.45, 7) is 4.91. The minimum atomic E-state index is 0.0560. The van der Waals surface area contributed by atoms with Crippen molar-refractivity contribution in [3.63, 3.8) is 0 Å². The van der Waals surface area contributed by atoms with Crippen LogP contribution < -0.4 is 0 Å². The Kier molecular flexibility index (Phi) is 3.64. The molecule has 0 amide bonds. The number of aromatic hydroxyl groups is 1. The van der Waals surface area contributed by atoms with Gasteiger partial charge in [0.05, 0.1) is 6.10 Å². The van der Waals surface area contributed by atoms with E-state index in [4.69, 9.17) is 4.74 Å². The maximum absolute atomic E-state index is 9.81. The fraction of sp³-hybridized carbons (Fsp3) is 0.333. The topological polar surface area (TPSA) is 29.5 Å². The molecule has 90 valence electrons. The minimum Gasteiger partial charge on any atom is -0.507 e. The highest BCUT2D eigenvalue weighted by molar-refractivity contribution is 5.91. The quantitative estimate of drug-likeness (QED) is 0.859. The second-order valence-corrected chi connectivity index (χ2v) is 4.23. The number of hydrogen-bond donors (Lipinski definition) is 1. The third kappa shape index (κ3) is 2.42. The number of hydrogen-bond acceptors (Lipinski definition) is 2. The van der Waals surface area contributed by atoms with Gasteiger partial charge in [0.15, 0.2) is 0 Å². The molecular formula is C15H18O2. The van der Waals surface area contributed by atoms with E-state index >= 15 is 0 Å². The Hall–Kier alpha value is -1.54. The van der Waals surface area contributed by atoms with Gasteiger partial charge in [0.2, 0.25) is 0 Å². The lowest BCUT2D eigenvalue weighted by molar-refractivity contribution is 0.0672. The lowest BCUT2D eigenvalue weighted by Crippen LogP contribution is -2.01. The maximum atomic E-state index is 9.81. The van der Waals surface area contributed by atoms with Crippen molar-refractivity contribution in [1.82, 2.24) is 0 Å². The van der Waals surface area contributed by atoms with Crippen molar-refractivity contribution in [2.45, 2.75) is 26.4 Å². The summed E-state index contributed by atoms with van der Waals surface area (Å²) in [5.74, 6) is 0.326. The molecule has 0 radical (unpaired) electrons. The normalized spacial score (nSPS) is 12.8. The second kappa shape index (κ2) is 5.19. The monoisotopic (exact) mass is 230 g/mol. The molecule has 1 N–H and O–H groups in total. The van der Waals surface area contributed by atoms with Crippen LogP contribution in [0.3, 0.4) is 0 Å². The maximum Gasteiger partial charge on any atom is 0.123 e. The summed E-state index contributed by atoms with van der Waals surface area (Å²) in [5, 5.41) is 11.8. The molecular weight excluding hydrogens is 212 g/mol. The summed E-state index contributed by atoms with van der Waals surface area (Å²) in [7, 11) is 0. The van der Waals surface area contributed by atoms with Gasteiger partial charge in [-0.3, -0.25) is 0 Å². The summed E-state index contributed by atoms with van der Waals surface area (Å²) in [4.78, 5) is 0. The summed E-state index contributed by atoms with van der Waals surface area (Å²) in [6.07, 6.45) is 1.07. The summed E-state index contributed by atoms with van der Waals surface area (Å²) >= 11 is 0. The molecule has 0 bridgehead atoms. The largest absolute Gasteiger partial charge is 0.507 e. The molecule has 0 unspecified atom stereocenters. The molecule has 2 aromatic rings. The van der Waals surface area contributed by atoms with Gasteiger partial charge < -0.3 is 9.84 Å². The zero-order valence-corrected chi connectivity index (χ0v) is 10.3. The lowest BCUT2D eigenvalue weighted by Gasteiger charge is -2.16. The van der Waals surface area contributed by atoms with Gasteiger partial charge in [0.25, 0.3) is 0 Å². The van der Waals surface area contributed by atoms with E-state index in [0.717, 1.165) is 29.4 Å². The molecule has 0 aliphatic carbocycles. The predicted molar refractivity (Wildman–Crippen MR) is 70.3 cm³/mol. The molecule has 0 spiro atoms. The van der Waals surface area contributed by atoms with Crippen molar-refractivity contribution in [3.8, 4) is 5.75 Å². The van der Waals surface area contributed by atoms with Crippen LogP contribution in [-0.2, 0) is 4.74 Å². The van der Waals surface area contributed by atoms with Crippen LogP contribution in [0.25, 0.3) is 10.8 Å². The smallest absolute Gasteiger partial charge is 0.123 e. The van der Waals surface area contributed by atoms with Gasteiger partial charge in [0.1, 0.15) is 5.75 Å². The van der Waals surface area contributed by atoms with Crippen LogP contribution >= 0.6 is 0 Å². The number of benzene rings is 2. The van der Waals surface area contributed by atoms with Gasteiger partial charge in [-0.25, -0.2) is 0 Å². The van der Waals surface area contributed by atoms with E-state index in [1.807, 2.05) is 30.3 Å². The van der Waals surface area contributed by atoms with E-state index < -0.39 is 0 Å². The summed E-state index contributed by atoms with van der Waals surface area (Å²) in [6, 6.07) is 11.6. The first-order valence-electron chi connectivity index (χ1n) is 6.06. The van der Waals surface area contributed by atoms with Crippen LogP contribution in [0.2, 0.25) is 0 Å². The fourth-order valence-corrected chi connectivity index (χ4v) is 2.05. The van der Waals surface area contributed by atoms with E-state index in [0.29, 0.717) is 5.75 Å². The Balaban J connectivity index is 2.44. The van der Waals surface area contributed by atoms with Crippen molar-refractivity contribution >= 4 is 10.8 Å². The average Bonchev–Trinajstić information content (AvgIpc) is 2.37. The van der Waals surface area contributed by atoms with Crippen molar-refractivity contribution < 1.29 is 9.84 Å². The minimum absolute atomic E-state index is 0.0560. The molecule has 0 fully saturated rings. The van der Waals surface area contributed by atoms with Crippen LogP contribution in [0.15, 0.2) is 36.4 Å². The standard InChI is InChI=1S/C15H18O2/c1-3-10-17-11(2)12-8-9-15(16)14-7-5-4-6-13(12)14/h4-9,11,16H,3,10H2,1-2H3/t11-/m0/s1. The van der Waals surface area contributed by atoms with Crippen LogP contribution in [0, 0.1) is 0 Å². The van der Waals surface area contributed by atoms with Crippen LogP contribution in [0.4, 0.5) is 0 Å². The first-order chi connectivity index (χ1) is 8.24. The van der Waals surface area contributed by atoms with E-state index in [1.54, 1.807) is 6.07 Å². The highest BCUT2D eigenvalue weighted by atomic mass is 16.5. The number of phenols is 1. The molecule has 0 aliphatic heterocycles. The molecule has 2 aromatic carbocycles. The Bertz CT molecular complexity index is 505. The zero-order valence-electron chi connectivity index (χ0n) is 10.3. The first-order valence-corrected chi connectivity index (χ1v) is 6.06.